The molecule has 2 rings (SSSR count). The van der Waals surface area contributed by atoms with E-state index in [1.165, 1.54) is 0 Å². The zero-order valence-corrected chi connectivity index (χ0v) is 11.3. The lowest BCUT2D eigenvalue weighted by Crippen LogP contribution is -2.37. The highest BCUT2D eigenvalue weighted by molar-refractivity contribution is 5.94. The van der Waals surface area contributed by atoms with Crippen molar-refractivity contribution in [3.63, 3.8) is 0 Å². The Bertz CT molecular complexity index is 488. The molecule has 0 aliphatic heterocycles. The summed E-state index contributed by atoms with van der Waals surface area (Å²) in [7, 11) is 0. The standard InChI is InChI=1S/C14H20N2O3/c1-8-7-9(2)15-13(12(8)14(18)19)16-10-5-3-4-6-11(10)17/h7,10-11,17H,3-6H2,1-2H3,(H,15,16)(H,18,19). The van der Waals surface area contributed by atoms with Crippen LogP contribution in [0.4, 0.5) is 5.82 Å². The van der Waals surface area contributed by atoms with Crippen LogP contribution in [0, 0.1) is 13.8 Å². The predicted molar refractivity (Wildman–Crippen MR) is 72.6 cm³/mol. The van der Waals surface area contributed by atoms with Crippen LogP contribution < -0.4 is 5.32 Å². The summed E-state index contributed by atoms with van der Waals surface area (Å²) in [6.45, 7) is 3.60. The lowest BCUT2D eigenvalue weighted by Gasteiger charge is -2.29. The van der Waals surface area contributed by atoms with Crippen LogP contribution in [-0.4, -0.2) is 33.3 Å². The van der Waals surface area contributed by atoms with E-state index in [0.717, 1.165) is 31.4 Å². The lowest BCUT2D eigenvalue weighted by atomic mass is 9.92. The number of pyridine rings is 1. The molecule has 5 nitrogen and oxygen atoms in total. The average Bonchev–Trinajstić information content (AvgIpc) is 2.30. The van der Waals surface area contributed by atoms with Crippen molar-refractivity contribution in [3.05, 3.63) is 22.9 Å². The second kappa shape index (κ2) is 5.57. The summed E-state index contributed by atoms with van der Waals surface area (Å²) in [5.74, 6) is -0.617. The van der Waals surface area contributed by atoms with Crippen LogP contribution in [-0.2, 0) is 0 Å². The minimum absolute atomic E-state index is 0.111. The Morgan fingerprint density at radius 2 is 2.05 bits per heavy atom. The predicted octanol–water partition coefficient (Wildman–Crippen LogP) is 2.11. The molecule has 0 bridgehead atoms. The molecule has 1 fully saturated rings. The van der Waals surface area contributed by atoms with E-state index in [1.54, 1.807) is 13.0 Å². The minimum atomic E-state index is -0.988. The zero-order chi connectivity index (χ0) is 14.0. The molecule has 1 aliphatic carbocycles. The fraction of sp³-hybridized carbons (Fsp3) is 0.571. The number of carboxylic acids is 1. The monoisotopic (exact) mass is 264 g/mol. The SMILES string of the molecule is Cc1cc(C)c(C(=O)O)c(NC2CCCCC2O)n1. The van der Waals surface area contributed by atoms with E-state index in [4.69, 9.17) is 0 Å². The van der Waals surface area contributed by atoms with Gasteiger partial charge in [0.1, 0.15) is 11.4 Å². The van der Waals surface area contributed by atoms with Crippen molar-refractivity contribution >= 4 is 11.8 Å². The fourth-order valence-electron chi connectivity index (χ4n) is 2.67. The van der Waals surface area contributed by atoms with Gasteiger partial charge in [0.05, 0.1) is 12.1 Å². The molecule has 1 aromatic rings. The number of carboxylic acid groups (broad SMARTS) is 1. The molecule has 2 unspecified atom stereocenters. The Labute approximate surface area is 112 Å². The summed E-state index contributed by atoms with van der Waals surface area (Å²) in [6.07, 6.45) is 3.23. The number of rotatable bonds is 3. The first-order valence-electron chi connectivity index (χ1n) is 6.65. The van der Waals surface area contributed by atoms with Gasteiger partial charge in [0.2, 0.25) is 0 Å². The van der Waals surface area contributed by atoms with Gasteiger partial charge in [-0.05, 0) is 38.3 Å². The number of aromatic carboxylic acids is 1. The molecule has 0 amide bonds. The largest absolute Gasteiger partial charge is 0.478 e. The summed E-state index contributed by atoms with van der Waals surface area (Å²) in [6, 6.07) is 1.65. The fourth-order valence-corrected chi connectivity index (χ4v) is 2.67. The molecule has 1 saturated carbocycles. The maximum atomic E-state index is 11.3. The van der Waals surface area contributed by atoms with Crippen molar-refractivity contribution < 1.29 is 15.0 Å². The second-order valence-corrected chi connectivity index (χ2v) is 5.21. The van der Waals surface area contributed by atoms with Gasteiger partial charge in [0, 0.05) is 5.69 Å². The van der Waals surface area contributed by atoms with Gasteiger partial charge < -0.3 is 15.5 Å². The van der Waals surface area contributed by atoms with Gasteiger partial charge >= 0.3 is 5.97 Å². The topological polar surface area (TPSA) is 82.5 Å². The van der Waals surface area contributed by atoms with Gasteiger partial charge in [-0.1, -0.05) is 12.8 Å². The number of aromatic nitrogens is 1. The smallest absolute Gasteiger partial charge is 0.339 e. The van der Waals surface area contributed by atoms with Gasteiger partial charge in [-0.25, -0.2) is 9.78 Å². The molecule has 1 aliphatic rings. The van der Waals surface area contributed by atoms with E-state index in [-0.39, 0.29) is 11.6 Å². The lowest BCUT2D eigenvalue weighted by molar-refractivity contribution is 0.0696. The molecule has 1 aromatic heterocycles. The highest BCUT2D eigenvalue weighted by Crippen LogP contribution is 2.25. The van der Waals surface area contributed by atoms with E-state index >= 15 is 0 Å². The normalized spacial score (nSPS) is 23.1. The number of aliphatic hydroxyl groups excluding tert-OH is 1. The average molecular weight is 264 g/mol. The van der Waals surface area contributed by atoms with Crippen LogP contribution >= 0.6 is 0 Å². The van der Waals surface area contributed by atoms with Gasteiger partial charge in [0.25, 0.3) is 0 Å². The Hall–Kier alpha value is -1.62. The quantitative estimate of drug-likeness (QED) is 0.779. The molecule has 104 valence electrons. The van der Waals surface area contributed by atoms with Crippen molar-refractivity contribution in [1.29, 1.82) is 0 Å². The number of anilines is 1. The van der Waals surface area contributed by atoms with Crippen molar-refractivity contribution in [2.45, 2.75) is 51.7 Å². The first-order valence-corrected chi connectivity index (χ1v) is 6.65. The zero-order valence-electron chi connectivity index (χ0n) is 11.3. The number of aryl methyl sites for hydroxylation is 2. The molecule has 0 aromatic carbocycles. The number of carbonyl (C=O) groups is 1. The molecule has 0 radical (unpaired) electrons. The number of nitrogens with zero attached hydrogens (tertiary/aromatic N) is 1. The van der Waals surface area contributed by atoms with Crippen molar-refractivity contribution in [2.75, 3.05) is 5.32 Å². The van der Waals surface area contributed by atoms with E-state index in [9.17, 15) is 15.0 Å². The summed E-state index contributed by atoms with van der Waals surface area (Å²) >= 11 is 0. The Morgan fingerprint density at radius 1 is 1.37 bits per heavy atom. The summed E-state index contributed by atoms with van der Waals surface area (Å²) < 4.78 is 0. The van der Waals surface area contributed by atoms with Crippen LogP contribution in [0.2, 0.25) is 0 Å². The van der Waals surface area contributed by atoms with Crippen LogP contribution in [0.5, 0.6) is 0 Å². The van der Waals surface area contributed by atoms with E-state index in [1.807, 2.05) is 6.92 Å². The highest BCUT2D eigenvalue weighted by atomic mass is 16.4. The molecule has 0 spiro atoms. The molecular weight excluding hydrogens is 244 g/mol. The minimum Gasteiger partial charge on any atom is -0.478 e. The third-order valence-electron chi connectivity index (χ3n) is 3.61. The molecule has 1 heterocycles. The summed E-state index contributed by atoms with van der Waals surface area (Å²) in [5.41, 5.74) is 1.66. The third-order valence-corrected chi connectivity index (χ3v) is 3.61. The van der Waals surface area contributed by atoms with Crippen molar-refractivity contribution in [3.8, 4) is 0 Å². The Balaban J connectivity index is 2.30. The first kappa shape index (κ1) is 13.8. The summed E-state index contributed by atoms with van der Waals surface area (Å²) in [4.78, 5) is 15.6. The molecule has 2 atom stereocenters. The first-order chi connectivity index (χ1) is 8.99. The Kier molecular flexibility index (Phi) is 4.04. The third kappa shape index (κ3) is 3.04. The van der Waals surface area contributed by atoms with Gasteiger partial charge in [-0.2, -0.15) is 0 Å². The highest BCUT2D eigenvalue weighted by Gasteiger charge is 2.25. The van der Waals surface area contributed by atoms with Crippen LogP contribution in [0.3, 0.4) is 0 Å². The summed E-state index contributed by atoms with van der Waals surface area (Å²) in [5, 5.41) is 22.4. The van der Waals surface area contributed by atoms with Crippen LogP contribution in [0.25, 0.3) is 0 Å². The second-order valence-electron chi connectivity index (χ2n) is 5.21. The van der Waals surface area contributed by atoms with E-state index in [0.29, 0.717) is 11.4 Å². The van der Waals surface area contributed by atoms with Crippen molar-refractivity contribution in [1.82, 2.24) is 4.98 Å². The van der Waals surface area contributed by atoms with Gasteiger partial charge in [-0.3, -0.25) is 0 Å². The number of aliphatic hydroxyl groups is 1. The number of nitrogens with one attached hydrogen (secondary N) is 1. The molecule has 19 heavy (non-hydrogen) atoms. The van der Waals surface area contributed by atoms with E-state index in [2.05, 4.69) is 10.3 Å². The molecule has 5 heteroatoms. The molecular formula is C14H20N2O3. The van der Waals surface area contributed by atoms with Gasteiger partial charge in [0.15, 0.2) is 0 Å². The Morgan fingerprint density at radius 3 is 2.68 bits per heavy atom. The maximum Gasteiger partial charge on any atom is 0.339 e. The van der Waals surface area contributed by atoms with Crippen molar-refractivity contribution in [2.24, 2.45) is 0 Å². The van der Waals surface area contributed by atoms with Gasteiger partial charge in [-0.15, -0.1) is 0 Å². The van der Waals surface area contributed by atoms with Crippen LogP contribution in [0.1, 0.15) is 47.3 Å². The number of hydrogen-bond acceptors (Lipinski definition) is 4. The van der Waals surface area contributed by atoms with Crippen LogP contribution in [0.15, 0.2) is 6.07 Å². The molecule has 3 N–H and O–H groups in total. The molecule has 0 saturated heterocycles. The maximum absolute atomic E-state index is 11.3. The van der Waals surface area contributed by atoms with E-state index < -0.39 is 12.1 Å². The number of hydrogen-bond donors (Lipinski definition) is 3.